The molecule has 0 saturated heterocycles. The molecule has 0 saturated carbocycles. The molecule has 0 atom stereocenters. The third kappa shape index (κ3) is 2.08. The van der Waals surface area contributed by atoms with Crippen molar-refractivity contribution in [1.29, 1.82) is 0 Å². The number of fused-ring (bicyclic) bond motifs is 1. The SMILES string of the molecule is CCNCc1c(-n2nc(C)nc2C)nc2ccccn12. The normalized spacial score (nSPS) is 11.3. The van der Waals surface area contributed by atoms with Crippen molar-refractivity contribution < 1.29 is 0 Å². The lowest BCUT2D eigenvalue weighted by Gasteiger charge is -2.06. The van der Waals surface area contributed by atoms with E-state index < -0.39 is 0 Å². The molecule has 0 amide bonds. The van der Waals surface area contributed by atoms with Crippen molar-refractivity contribution >= 4 is 5.65 Å². The van der Waals surface area contributed by atoms with Gasteiger partial charge < -0.3 is 9.72 Å². The molecule has 3 rings (SSSR count). The summed E-state index contributed by atoms with van der Waals surface area (Å²) < 4.78 is 3.91. The average molecular weight is 270 g/mol. The maximum absolute atomic E-state index is 4.69. The zero-order valence-corrected chi connectivity index (χ0v) is 12.0. The summed E-state index contributed by atoms with van der Waals surface area (Å²) in [4.78, 5) is 9.05. The quantitative estimate of drug-likeness (QED) is 0.783. The van der Waals surface area contributed by atoms with E-state index in [4.69, 9.17) is 4.98 Å². The summed E-state index contributed by atoms with van der Waals surface area (Å²) in [5, 5.41) is 7.80. The van der Waals surface area contributed by atoms with Gasteiger partial charge >= 0.3 is 0 Å². The van der Waals surface area contributed by atoms with Crippen LogP contribution < -0.4 is 5.32 Å². The molecule has 0 radical (unpaired) electrons. The van der Waals surface area contributed by atoms with E-state index in [1.165, 1.54) is 0 Å². The largest absolute Gasteiger partial charge is 0.311 e. The second-order valence-corrected chi connectivity index (χ2v) is 4.71. The van der Waals surface area contributed by atoms with E-state index in [-0.39, 0.29) is 0 Å². The Kier molecular flexibility index (Phi) is 3.23. The lowest BCUT2D eigenvalue weighted by molar-refractivity contribution is 0.690. The van der Waals surface area contributed by atoms with E-state index in [2.05, 4.69) is 26.7 Å². The number of nitrogens with zero attached hydrogens (tertiary/aromatic N) is 5. The van der Waals surface area contributed by atoms with Crippen molar-refractivity contribution in [2.45, 2.75) is 27.3 Å². The molecule has 0 aromatic carbocycles. The molecule has 6 heteroatoms. The molecule has 0 aliphatic carbocycles. The van der Waals surface area contributed by atoms with E-state index in [0.717, 1.165) is 41.9 Å². The highest BCUT2D eigenvalue weighted by molar-refractivity contribution is 5.48. The molecule has 0 aliphatic heterocycles. The molecule has 0 aliphatic rings. The van der Waals surface area contributed by atoms with Gasteiger partial charge in [0.2, 0.25) is 0 Å². The molecule has 0 bridgehead atoms. The summed E-state index contributed by atoms with van der Waals surface area (Å²) in [7, 11) is 0. The van der Waals surface area contributed by atoms with Gasteiger partial charge in [0.05, 0.1) is 5.69 Å². The average Bonchev–Trinajstić information content (AvgIpc) is 2.96. The minimum atomic E-state index is 0.745. The van der Waals surface area contributed by atoms with Crippen LogP contribution in [0, 0.1) is 13.8 Å². The first-order valence-corrected chi connectivity index (χ1v) is 6.78. The smallest absolute Gasteiger partial charge is 0.179 e. The summed E-state index contributed by atoms with van der Waals surface area (Å²) in [6.45, 7) is 7.59. The van der Waals surface area contributed by atoms with Crippen molar-refractivity contribution in [2.24, 2.45) is 0 Å². The molecule has 3 heterocycles. The van der Waals surface area contributed by atoms with Gasteiger partial charge in [0.1, 0.15) is 17.3 Å². The molecule has 0 fully saturated rings. The number of nitrogens with one attached hydrogen (secondary N) is 1. The van der Waals surface area contributed by atoms with Crippen molar-refractivity contribution in [3.05, 3.63) is 41.7 Å². The van der Waals surface area contributed by atoms with Crippen molar-refractivity contribution in [3.8, 4) is 5.82 Å². The second-order valence-electron chi connectivity index (χ2n) is 4.71. The first-order chi connectivity index (χ1) is 9.70. The highest BCUT2D eigenvalue weighted by Crippen LogP contribution is 2.17. The number of hydrogen-bond acceptors (Lipinski definition) is 4. The third-order valence-corrected chi connectivity index (χ3v) is 3.23. The van der Waals surface area contributed by atoms with Gasteiger partial charge in [0.15, 0.2) is 5.82 Å². The Bertz CT molecular complexity index is 739. The second kappa shape index (κ2) is 5.05. The highest BCUT2D eigenvalue weighted by atomic mass is 15.4. The molecule has 3 aromatic rings. The minimum absolute atomic E-state index is 0.745. The van der Waals surface area contributed by atoms with E-state index in [1.807, 2.05) is 42.9 Å². The number of pyridine rings is 1. The van der Waals surface area contributed by atoms with Gasteiger partial charge in [-0.25, -0.2) is 9.97 Å². The molecule has 6 nitrogen and oxygen atoms in total. The van der Waals surface area contributed by atoms with Gasteiger partial charge in [0, 0.05) is 12.7 Å². The Hall–Kier alpha value is -2.21. The van der Waals surface area contributed by atoms with E-state index in [9.17, 15) is 0 Å². The first kappa shape index (κ1) is 12.8. The number of aryl methyl sites for hydroxylation is 2. The predicted molar refractivity (Wildman–Crippen MR) is 77.0 cm³/mol. The van der Waals surface area contributed by atoms with Gasteiger partial charge in [-0.2, -0.15) is 4.68 Å². The molecule has 1 N–H and O–H groups in total. The van der Waals surface area contributed by atoms with Gasteiger partial charge in [-0.1, -0.05) is 13.0 Å². The van der Waals surface area contributed by atoms with Crippen LogP contribution in [0.3, 0.4) is 0 Å². The fourth-order valence-electron chi connectivity index (χ4n) is 2.33. The van der Waals surface area contributed by atoms with Crippen LogP contribution in [0.5, 0.6) is 0 Å². The lowest BCUT2D eigenvalue weighted by Crippen LogP contribution is -2.16. The maximum atomic E-state index is 4.69. The summed E-state index contributed by atoms with van der Waals surface area (Å²) in [6, 6.07) is 5.99. The molecule has 0 unspecified atom stereocenters. The highest BCUT2D eigenvalue weighted by Gasteiger charge is 2.16. The zero-order valence-electron chi connectivity index (χ0n) is 12.0. The molecule has 104 valence electrons. The van der Waals surface area contributed by atoms with E-state index in [0.29, 0.717) is 0 Å². The van der Waals surface area contributed by atoms with Crippen molar-refractivity contribution in [3.63, 3.8) is 0 Å². The van der Waals surface area contributed by atoms with Crippen LogP contribution >= 0.6 is 0 Å². The summed E-state index contributed by atoms with van der Waals surface area (Å²) >= 11 is 0. The standard InChI is InChI=1S/C14H18N6/c1-4-15-9-12-14(20-11(3)16-10(2)18-20)17-13-7-5-6-8-19(12)13/h5-8,15H,4,9H2,1-3H3. The Balaban J connectivity index is 2.20. The predicted octanol–water partition coefficient (Wildman–Crippen LogP) is 1.64. The number of aromatic nitrogens is 5. The van der Waals surface area contributed by atoms with Gasteiger partial charge in [-0.3, -0.25) is 0 Å². The Labute approximate surface area is 117 Å². The Morgan fingerprint density at radius 3 is 2.75 bits per heavy atom. The number of hydrogen-bond donors (Lipinski definition) is 1. The van der Waals surface area contributed by atoms with Crippen molar-refractivity contribution in [1.82, 2.24) is 29.5 Å². The summed E-state index contributed by atoms with van der Waals surface area (Å²) in [6.07, 6.45) is 2.03. The first-order valence-electron chi connectivity index (χ1n) is 6.78. The van der Waals surface area contributed by atoms with Crippen LogP contribution in [0.25, 0.3) is 11.5 Å². The number of rotatable bonds is 4. The number of imidazole rings is 1. The molecule has 3 aromatic heterocycles. The van der Waals surface area contributed by atoms with Gasteiger partial charge in [-0.15, -0.1) is 5.10 Å². The van der Waals surface area contributed by atoms with Crippen molar-refractivity contribution in [2.75, 3.05) is 6.54 Å². The van der Waals surface area contributed by atoms with Crippen LogP contribution in [-0.2, 0) is 6.54 Å². The van der Waals surface area contributed by atoms with Crippen LogP contribution in [0.2, 0.25) is 0 Å². The molecule has 0 spiro atoms. The van der Waals surface area contributed by atoms with Gasteiger partial charge in [-0.05, 0) is 32.5 Å². The molecule has 20 heavy (non-hydrogen) atoms. The Morgan fingerprint density at radius 2 is 2.05 bits per heavy atom. The molecular weight excluding hydrogens is 252 g/mol. The monoisotopic (exact) mass is 270 g/mol. The maximum Gasteiger partial charge on any atom is 0.179 e. The third-order valence-electron chi connectivity index (χ3n) is 3.23. The van der Waals surface area contributed by atoms with Crippen LogP contribution in [0.15, 0.2) is 24.4 Å². The van der Waals surface area contributed by atoms with Crippen LogP contribution in [-0.4, -0.2) is 30.7 Å². The summed E-state index contributed by atoms with van der Waals surface area (Å²) in [5.74, 6) is 2.45. The Morgan fingerprint density at radius 1 is 1.20 bits per heavy atom. The van der Waals surface area contributed by atoms with Crippen LogP contribution in [0.4, 0.5) is 0 Å². The zero-order chi connectivity index (χ0) is 14.1. The van der Waals surface area contributed by atoms with Gasteiger partial charge in [0.25, 0.3) is 0 Å². The van der Waals surface area contributed by atoms with Crippen LogP contribution in [0.1, 0.15) is 24.3 Å². The summed E-state index contributed by atoms with van der Waals surface area (Å²) in [5.41, 5.74) is 2.01. The topological polar surface area (TPSA) is 60.0 Å². The van der Waals surface area contributed by atoms with E-state index in [1.54, 1.807) is 0 Å². The lowest BCUT2D eigenvalue weighted by atomic mass is 10.4. The minimum Gasteiger partial charge on any atom is -0.311 e. The fourth-order valence-corrected chi connectivity index (χ4v) is 2.33. The fraction of sp³-hybridized carbons (Fsp3) is 0.357. The molecular formula is C14H18N6. The van der Waals surface area contributed by atoms with E-state index >= 15 is 0 Å².